The van der Waals surface area contributed by atoms with Crippen molar-refractivity contribution < 1.29 is 4.79 Å². The lowest BCUT2D eigenvalue weighted by atomic mass is 9.71. The summed E-state index contributed by atoms with van der Waals surface area (Å²) in [5, 5.41) is 0. The monoisotopic (exact) mass is 150 g/mol. The van der Waals surface area contributed by atoms with Crippen molar-refractivity contribution in [3.8, 4) is 0 Å². The molecule has 3 unspecified atom stereocenters. The molecule has 2 rings (SSSR count). The fourth-order valence-electron chi connectivity index (χ4n) is 2.46. The van der Waals surface area contributed by atoms with Gasteiger partial charge in [-0.1, -0.05) is 12.2 Å². The van der Waals surface area contributed by atoms with E-state index in [1.807, 2.05) is 0 Å². The summed E-state index contributed by atoms with van der Waals surface area (Å²) >= 11 is 0. The van der Waals surface area contributed by atoms with E-state index >= 15 is 0 Å². The van der Waals surface area contributed by atoms with Crippen molar-refractivity contribution in [3.63, 3.8) is 0 Å². The minimum absolute atomic E-state index is 0.365. The molecule has 1 heteroatoms. The van der Waals surface area contributed by atoms with Gasteiger partial charge in [0.05, 0.1) is 0 Å². The third kappa shape index (κ3) is 1.37. The molecule has 0 amide bonds. The Hall–Kier alpha value is -0.590. The first-order valence-electron chi connectivity index (χ1n) is 4.50. The average molecular weight is 150 g/mol. The van der Waals surface area contributed by atoms with Crippen LogP contribution >= 0.6 is 0 Å². The topological polar surface area (TPSA) is 17.1 Å². The molecule has 60 valence electrons. The van der Waals surface area contributed by atoms with Gasteiger partial charge in [0.15, 0.2) is 0 Å². The average Bonchev–Trinajstić information content (AvgIpc) is 2.03. The molecule has 2 aliphatic carbocycles. The molecule has 0 aliphatic heterocycles. The first kappa shape index (κ1) is 7.08. The van der Waals surface area contributed by atoms with E-state index in [4.69, 9.17) is 0 Å². The lowest BCUT2D eigenvalue weighted by Crippen LogP contribution is -2.24. The van der Waals surface area contributed by atoms with E-state index in [1.54, 1.807) is 0 Å². The van der Waals surface area contributed by atoms with Gasteiger partial charge in [-0.3, -0.25) is 0 Å². The molecule has 0 radical (unpaired) electrons. The standard InChI is InChI=1S/C10H14O/c11-7-10-5-8-2-1-3-9(4-8)6-10/h1-2,7-10H,3-6H2. The molecule has 1 fully saturated rings. The van der Waals surface area contributed by atoms with Crippen LogP contribution in [0.5, 0.6) is 0 Å². The van der Waals surface area contributed by atoms with E-state index < -0.39 is 0 Å². The number of aldehydes is 1. The third-order valence-corrected chi connectivity index (χ3v) is 2.95. The highest BCUT2D eigenvalue weighted by Crippen LogP contribution is 2.38. The van der Waals surface area contributed by atoms with Gasteiger partial charge in [-0.15, -0.1) is 0 Å². The Kier molecular flexibility index (Phi) is 1.80. The van der Waals surface area contributed by atoms with Crippen molar-refractivity contribution in [2.24, 2.45) is 17.8 Å². The summed E-state index contributed by atoms with van der Waals surface area (Å²) in [5.74, 6) is 1.90. The van der Waals surface area contributed by atoms with E-state index in [0.29, 0.717) is 5.92 Å². The molecule has 1 nitrogen and oxygen atoms in total. The zero-order chi connectivity index (χ0) is 7.68. The number of hydrogen-bond donors (Lipinski definition) is 0. The fraction of sp³-hybridized carbons (Fsp3) is 0.700. The predicted octanol–water partition coefficient (Wildman–Crippen LogP) is 2.18. The molecule has 0 N–H and O–H groups in total. The van der Waals surface area contributed by atoms with E-state index in [9.17, 15) is 4.79 Å². The van der Waals surface area contributed by atoms with Gasteiger partial charge >= 0.3 is 0 Å². The number of fused-ring (bicyclic) bond motifs is 2. The molecule has 1 saturated carbocycles. The van der Waals surface area contributed by atoms with Crippen LogP contribution in [0.15, 0.2) is 12.2 Å². The second-order valence-electron chi connectivity index (χ2n) is 3.89. The van der Waals surface area contributed by atoms with Crippen LogP contribution in [0.1, 0.15) is 25.7 Å². The summed E-state index contributed by atoms with van der Waals surface area (Å²) < 4.78 is 0. The Balaban J connectivity index is 2.08. The maximum absolute atomic E-state index is 10.6. The molecule has 0 aromatic rings. The van der Waals surface area contributed by atoms with E-state index in [2.05, 4.69) is 12.2 Å². The molecule has 0 aromatic carbocycles. The maximum atomic E-state index is 10.6. The summed E-state index contributed by atoms with van der Waals surface area (Å²) in [5.41, 5.74) is 0. The maximum Gasteiger partial charge on any atom is 0.123 e. The molecule has 0 saturated heterocycles. The predicted molar refractivity (Wildman–Crippen MR) is 44.1 cm³/mol. The van der Waals surface area contributed by atoms with Crippen LogP contribution in [0.25, 0.3) is 0 Å². The van der Waals surface area contributed by atoms with Crippen LogP contribution in [-0.4, -0.2) is 6.29 Å². The van der Waals surface area contributed by atoms with E-state index in [0.717, 1.165) is 31.0 Å². The third-order valence-electron chi connectivity index (χ3n) is 2.95. The Morgan fingerprint density at radius 3 is 2.91 bits per heavy atom. The van der Waals surface area contributed by atoms with Crippen molar-refractivity contribution >= 4 is 6.29 Å². The summed E-state index contributed by atoms with van der Waals surface area (Å²) in [7, 11) is 0. The number of rotatable bonds is 1. The lowest BCUT2D eigenvalue weighted by molar-refractivity contribution is -0.112. The summed E-state index contributed by atoms with van der Waals surface area (Å²) in [4.78, 5) is 10.6. The highest BCUT2D eigenvalue weighted by atomic mass is 16.1. The van der Waals surface area contributed by atoms with Crippen LogP contribution in [0.3, 0.4) is 0 Å². The molecule has 0 heterocycles. The van der Waals surface area contributed by atoms with Gasteiger partial charge in [-0.25, -0.2) is 0 Å². The van der Waals surface area contributed by atoms with Crippen molar-refractivity contribution in [1.29, 1.82) is 0 Å². The first-order chi connectivity index (χ1) is 5.38. The molecule has 0 spiro atoms. The normalized spacial score (nSPS) is 42.0. The summed E-state index contributed by atoms with van der Waals surface area (Å²) in [6.07, 6.45) is 10.5. The van der Waals surface area contributed by atoms with Gasteiger partial charge in [-0.05, 0) is 37.5 Å². The number of carbonyl (C=O) groups excluding carboxylic acids is 1. The number of allylic oxidation sites excluding steroid dienone is 2. The van der Waals surface area contributed by atoms with Gasteiger partial charge in [-0.2, -0.15) is 0 Å². The SMILES string of the molecule is O=CC1CC2C=CCC(C1)C2. The smallest absolute Gasteiger partial charge is 0.123 e. The minimum atomic E-state index is 0.365. The largest absolute Gasteiger partial charge is 0.303 e. The second-order valence-corrected chi connectivity index (χ2v) is 3.89. The van der Waals surface area contributed by atoms with E-state index in [1.165, 1.54) is 12.8 Å². The number of hydrogen-bond acceptors (Lipinski definition) is 1. The van der Waals surface area contributed by atoms with Crippen LogP contribution in [0, 0.1) is 17.8 Å². The summed E-state index contributed by atoms with van der Waals surface area (Å²) in [6.45, 7) is 0. The molecule has 0 aromatic heterocycles. The Bertz CT molecular complexity index is 183. The first-order valence-corrected chi connectivity index (χ1v) is 4.50. The fourth-order valence-corrected chi connectivity index (χ4v) is 2.46. The summed E-state index contributed by atoms with van der Waals surface area (Å²) in [6, 6.07) is 0. The lowest BCUT2D eigenvalue weighted by Gasteiger charge is -2.33. The highest BCUT2D eigenvalue weighted by Gasteiger charge is 2.28. The number of carbonyl (C=O) groups is 1. The molecule has 11 heavy (non-hydrogen) atoms. The Morgan fingerprint density at radius 1 is 1.27 bits per heavy atom. The molecule has 3 atom stereocenters. The Morgan fingerprint density at radius 2 is 2.18 bits per heavy atom. The van der Waals surface area contributed by atoms with Gasteiger partial charge in [0.1, 0.15) is 6.29 Å². The zero-order valence-electron chi connectivity index (χ0n) is 6.70. The van der Waals surface area contributed by atoms with Crippen LogP contribution < -0.4 is 0 Å². The molecular formula is C10H14O. The van der Waals surface area contributed by atoms with Crippen molar-refractivity contribution in [2.45, 2.75) is 25.7 Å². The van der Waals surface area contributed by atoms with Crippen molar-refractivity contribution in [2.75, 3.05) is 0 Å². The van der Waals surface area contributed by atoms with Crippen molar-refractivity contribution in [1.82, 2.24) is 0 Å². The molecular weight excluding hydrogens is 136 g/mol. The zero-order valence-corrected chi connectivity index (χ0v) is 6.70. The Labute approximate surface area is 67.5 Å². The van der Waals surface area contributed by atoms with Crippen LogP contribution in [0.2, 0.25) is 0 Å². The van der Waals surface area contributed by atoms with Gasteiger partial charge in [0, 0.05) is 5.92 Å². The second kappa shape index (κ2) is 2.80. The van der Waals surface area contributed by atoms with Crippen LogP contribution in [0.4, 0.5) is 0 Å². The van der Waals surface area contributed by atoms with Crippen molar-refractivity contribution in [3.05, 3.63) is 12.2 Å². The molecule has 2 bridgehead atoms. The van der Waals surface area contributed by atoms with Gasteiger partial charge in [0.25, 0.3) is 0 Å². The molecule has 2 aliphatic rings. The quantitative estimate of drug-likeness (QED) is 0.413. The van der Waals surface area contributed by atoms with Gasteiger partial charge < -0.3 is 4.79 Å². The highest BCUT2D eigenvalue weighted by molar-refractivity contribution is 5.53. The minimum Gasteiger partial charge on any atom is -0.303 e. The van der Waals surface area contributed by atoms with Gasteiger partial charge in [0.2, 0.25) is 0 Å². The van der Waals surface area contributed by atoms with E-state index in [-0.39, 0.29) is 0 Å². The van der Waals surface area contributed by atoms with Crippen LogP contribution in [-0.2, 0) is 4.79 Å².